The zero-order chi connectivity index (χ0) is 7.68. The van der Waals surface area contributed by atoms with Gasteiger partial charge in [-0.05, 0) is 5.18 Å². The van der Waals surface area contributed by atoms with Gasteiger partial charge in [-0.15, -0.1) is 4.91 Å². The van der Waals surface area contributed by atoms with Crippen molar-refractivity contribution in [3.63, 3.8) is 0 Å². The van der Waals surface area contributed by atoms with E-state index in [4.69, 9.17) is 0 Å². The predicted octanol–water partition coefficient (Wildman–Crippen LogP) is 1.13. The number of aromatic nitrogens is 3. The Bertz CT molecular complexity index is 394. The van der Waals surface area contributed by atoms with Crippen LogP contribution in [0.1, 0.15) is 0 Å². The number of hydrogen-bond donors (Lipinski definition) is 0. The highest BCUT2D eigenvalue weighted by atomic mass is 16.3. The van der Waals surface area contributed by atoms with Gasteiger partial charge in [0.25, 0.3) is 0 Å². The normalized spacial score (nSPS) is 10.2. The lowest BCUT2D eigenvalue weighted by atomic mass is 10.7. The Kier molecular flexibility index (Phi) is 1.15. The van der Waals surface area contributed by atoms with E-state index in [0.717, 1.165) is 0 Å². The highest BCUT2D eigenvalue weighted by Crippen LogP contribution is 2.11. The van der Waals surface area contributed by atoms with Crippen LogP contribution in [0.4, 0.5) is 5.82 Å². The summed E-state index contributed by atoms with van der Waals surface area (Å²) in [5.74, 6) is 0.294. The van der Waals surface area contributed by atoms with Crippen LogP contribution in [-0.4, -0.2) is 14.4 Å². The van der Waals surface area contributed by atoms with E-state index >= 15 is 0 Å². The predicted molar refractivity (Wildman–Crippen MR) is 38.4 cm³/mol. The highest BCUT2D eigenvalue weighted by Gasteiger charge is 1.99. The van der Waals surface area contributed by atoms with Crippen LogP contribution in [0.5, 0.6) is 0 Å². The van der Waals surface area contributed by atoms with E-state index in [1.807, 2.05) is 0 Å². The van der Waals surface area contributed by atoms with Crippen molar-refractivity contribution in [2.75, 3.05) is 0 Å². The third-order valence-corrected chi connectivity index (χ3v) is 1.39. The molecule has 0 bridgehead atoms. The van der Waals surface area contributed by atoms with Crippen LogP contribution in [0.25, 0.3) is 5.65 Å². The molecule has 0 aliphatic heterocycles. The first-order chi connectivity index (χ1) is 5.42. The van der Waals surface area contributed by atoms with Gasteiger partial charge in [-0.1, -0.05) is 0 Å². The second kappa shape index (κ2) is 2.12. The summed E-state index contributed by atoms with van der Waals surface area (Å²) < 4.78 is 1.57. The first-order valence-electron chi connectivity index (χ1n) is 3.02. The van der Waals surface area contributed by atoms with Crippen molar-refractivity contribution < 1.29 is 0 Å². The smallest absolute Gasteiger partial charge is 0.201 e. The molecule has 54 valence electrons. The van der Waals surface area contributed by atoms with E-state index < -0.39 is 0 Å². The summed E-state index contributed by atoms with van der Waals surface area (Å²) in [6, 6.07) is 0. The minimum absolute atomic E-state index is 0.294. The first-order valence-corrected chi connectivity index (χ1v) is 3.02. The number of hydrogen-bond acceptors (Lipinski definition) is 4. The van der Waals surface area contributed by atoms with Crippen LogP contribution in [0.2, 0.25) is 0 Å². The largest absolute Gasteiger partial charge is 0.279 e. The molecule has 2 heterocycles. The van der Waals surface area contributed by atoms with Crippen LogP contribution >= 0.6 is 0 Å². The Morgan fingerprint density at radius 1 is 1.45 bits per heavy atom. The molecule has 0 amide bonds. The number of nitrogens with zero attached hydrogens (tertiary/aromatic N) is 4. The fraction of sp³-hybridized carbons (Fsp3) is 0. The van der Waals surface area contributed by atoms with Crippen LogP contribution in [0.15, 0.2) is 30.0 Å². The molecular weight excluding hydrogens is 144 g/mol. The Labute approximate surface area is 61.7 Å². The average molecular weight is 148 g/mol. The van der Waals surface area contributed by atoms with Gasteiger partial charge < -0.3 is 0 Å². The maximum atomic E-state index is 10.2. The summed E-state index contributed by atoms with van der Waals surface area (Å²) in [6.07, 6.45) is 6.18. The zero-order valence-corrected chi connectivity index (χ0v) is 5.51. The Balaban J connectivity index is 2.86. The molecule has 11 heavy (non-hydrogen) atoms. The van der Waals surface area contributed by atoms with Crippen molar-refractivity contribution in [1.82, 2.24) is 14.4 Å². The molecule has 0 spiro atoms. The van der Waals surface area contributed by atoms with Gasteiger partial charge in [0.2, 0.25) is 5.82 Å². The van der Waals surface area contributed by atoms with Crippen molar-refractivity contribution >= 4 is 11.5 Å². The maximum Gasteiger partial charge on any atom is 0.201 e. The maximum absolute atomic E-state index is 10.2. The van der Waals surface area contributed by atoms with Gasteiger partial charge in [0.1, 0.15) is 0 Å². The van der Waals surface area contributed by atoms with Crippen molar-refractivity contribution in [1.29, 1.82) is 0 Å². The molecule has 0 aliphatic carbocycles. The SMILES string of the molecule is O=Nc1cnc2cnccn12. The van der Waals surface area contributed by atoms with E-state index in [1.54, 1.807) is 23.0 Å². The second-order valence-electron chi connectivity index (χ2n) is 2.01. The molecule has 5 nitrogen and oxygen atoms in total. The second-order valence-corrected chi connectivity index (χ2v) is 2.01. The molecule has 2 aromatic rings. The summed E-state index contributed by atoms with van der Waals surface area (Å²) >= 11 is 0. The summed E-state index contributed by atoms with van der Waals surface area (Å²) in [4.78, 5) is 17.9. The number of fused-ring (bicyclic) bond motifs is 1. The Morgan fingerprint density at radius 2 is 2.36 bits per heavy atom. The molecule has 0 unspecified atom stereocenters. The minimum Gasteiger partial charge on any atom is -0.279 e. The molecule has 2 rings (SSSR count). The molecule has 0 radical (unpaired) electrons. The van der Waals surface area contributed by atoms with Gasteiger partial charge in [-0.3, -0.25) is 9.38 Å². The fourth-order valence-corrected chi connectivity index (χ4v) is 0.896. The van der Waals surface area contributed by atoms with Gasteiger partial charge in [0.15, 0.2) is 5.65 Å². The zero-order valence-electron chi connectivity index (χ0n) is 5.51. The molecular formula is C6H4N4O. The molecule has 0 fully saturated rings. The van der Waals surface area contributed by atoms with Crippen molar-refractivity contribution in [3.05, 3.63) is 29.7 Å². The van der Waals surface area contributed by atoms with Crippen molar-refractivity contribution in [2.45, 2.75) is 0 Å². The third-order valence-electron chi connectivity index (χ3n) is 1.39. The van der Waals surface area contributed by atoms with Gasteiger partial charge in [-0.2, -0.15) is 0 Å². The molecule has 0 aromatic carbocycles. The quantitative estimate of drug-likeness (QED) is 0.569. The van der Waals surface area contributed by atoms with Crippen LogP contribution in [0.3, 0.4) is 0 Å². The van der Waals surface area contributed by atoms with Gasteiger partial charge >= 0.3 is 0 Å². The molecule has 2 aromatic heterocycles. The van der Waals surface area contributed by atoms with Crippen LogP contribution < -0.4 is 0 Å². The molecule has 0 N–H and O–H groups in total. The van der Waals surface area contributed by atoms with E-state index in [2.05, 4.69) is 15.1 Å². The Morgan fingerprint density at radius 3 is 3.18 bits per heavy atom. The van der Waals surface area contributed by atoms with Crippen LogP contribution in [0, 0.1) is 4.91 Å². The number of imidazole rings is 1. The molecule has 0 saturated carbocycles. The van der Waals surface area contributed by atoms with Crippen molar-refractivity contribution in [2.24, 2.45) is 5.18 Å². The molecule has 5 heteroatoms. The number of rotatable bonds is 1. The summed E-state index contributed by atoms with van der Waals surface area (Å²) in [5.41, 5.74) is 0.627. The summed E-state index contributed by atoms with van der Waals surface area (Å²) in [7, 11) is 0. The van der Waals surface area contributed by atoms with Crippen LogP contribution in [-0.2, 0) is 0 Å². The molecule has 0 aliphatic rings. The van der Waals surface area contributed by atoms with E-state index in [9.17, 15) is 4.91 Å². The standard InChI is InChI=1S/C6H4N4O/c11-9-6-4-8-5-3-7-1-2-10(5)6/h1-4H. The summed E-state index contributed by atoms with van der Waals surface area (Å²) in [6.45, 7) is 0. The van der Waals surface area contributed by atoms with E-state index in [-0.39, 0.29) is 0 Å². The van der Waals surface area contributed by atoms with Crippen molar-refractivity contribution in [3.8, 4) is 0 Å². The lowest BCUT2D eigenvalue weighted by Crippen LogP contribution is -1.82. The summed E-state index contributed by atoms with van der Waals surface area (Å²) in [5, 5.41) is 2.78. The number of nitroso groups, excluding NO2 is 1. The first kappa shape index (κ1) is 5.96. The lowest BCUT2D eigenvalue weighted by Gasteiger charge is -1.89. The topological polar surface area (TPSA) is 59.6 Å². The molecule has 0 atom stereocenters. The third kappa shape index (κ3) is 0.778. The highest BCUT2D eigenvalue weighted by molar-refractivity contribution is 5.44. The average Bonchev–Trinajstić information content (AvgIpc) is 2.47. The van der Waals surface area contributed by atoms with Gasteiger partial charge in [-0.25, -0.2) is 4.98 Å². The lowest BCUT2D eigenvalue weighted by molar-refractivity contribution is 1.11. The van der Waals surface area contributed by atoms with E-state index in [1.165, 1.54) is 6.20 Å². The van der Waals surface area contributed by atoms with Gasteiger partial charge in [0.05, 0.1) is 12.4 Å². The monoisotopic (exact) mass is 148 g/mol. The minimum atomic E-state index is 0.294. The van der Waals surface area contributed by atoms with E-state index in [0.29, 0.717) is 11.5 Å². The van der Waals surface area contributed by atoms with Gasteiger partial charge in [0, 0.05) is 12.4 Å². The fourth-order valence-electron chi connectivity index (χ4n) is 0.896. The Hall–Kier alpha value is -1.78. The molecule has 0 saturated heterocycles.